The van der Waals surface area contributed by atoms with Gasteiger partial charge in [0.2, 0.25) is 10.0 Å². The van der Waals surface area contributed by atoms with Crippen LogP contribution < -0.4 is 15.4 Å². The second kappa shape index (κ2) is 10.9. The summed E-state index contributed by atoms with van der Waals surface area (Å²) in [6.45, 7) is 4.95. The smallest absolute Gasteiger partial charge is 0.240 e. The van der Waals surface area contributed by atoms with E-state index >= 15 is 0 Å². The standard InChI is InChI=1S/C30H34N4O3S/c35-38(36,33-25-14-17-37-21-25)26-12-13-29-27(18-26)28(19-31-29)30(23-6-2-1-3-7-23)32-24-10-8-22(9-11-24)20-34-15-4-5-16-34/h1-3,6-13,18,25,31-33H,4-5,14-17,19-21H2/b30-28+. The van der Waals surface area contributed by atoms with E-state index in [1.807, 2.05) is 24.3 Å². The lowest BCUT2D eigenvalue weighted by Crippen LogP contribution is -2.35. The first-order valence-corrected chi connectivity index (χ1v) is 14.9. The highest BCUT2D eigenvalue weighted by atomic mass is 32.2. The van der Waals surface area contributed by atoms with Gasteiger partial charge in [0.1, 0.15) is 0 Å². The summed E-state index contributed by atoms with van der Waals surface area (Å²) < 4.78 is 34.5. The van der Waals surface area contributed by atoms with Crippen LogP contribution in [-0.4, -0.2) is 52.2 Å². The van der Waals surface area contributed by atoms with Crippen LogP contribution in [0.4, 0.5) is 11.4 Å². The van der Waals surface area contributed by atoms with Crippen LogP contribution in [0.2, 0.25) is 0 Å². The van der Waals surface area contributed by atoms with Gasteiger partial charge in [-0.15, -0.1) is 0 Å². The highest BCUT2D eigenvalue weighted by Crippen LogP contribution is 2.38. The SMILES string of the molecule is O=S(=O)(NC1CCOC1)c1ccc2c(c1)/C(=C(/Nc1ccc(CN3CCCC3)cc1)c1ccccc1)CN2. The Labute approximate surface area is 225 Å². The molecule has 3 aromatic carbocycles. The topological polar surface area (TPSA) is 82.7 Å². The van der Waals surface area contributed by atoms with Crippen LogP contribution >= 0.6 is 0 Å². The Bertz CT molecular complexity index is 1410. The summed E-state index contributed by atoms with van der Waals surface area (Å²) in [4.78, 5) is 2.77. The molecule has 2 saturated heterocycles. The highest BCUT2D eigenvalue weighted by molar-refractivity contribution is 7.89. The van der Waals surface area contributed by atoms with Crippen LogP contribution in [0.3, 0.4) is 0 Å². The number of rotatable bonds is 8. The van der Waals surface area contributed by atoms with Gasteiger partial charge in [0, 0.05) is 48.2 Å². The Hall–Kier alpha value is -3.17. The number of sulfonamides is 1. The fraction of sp³-hybridized carbons (Fsp3) is 0.333. The molecule has 8 heteroatoms. The normalized spacial score (nSPS) is 20.8. The van der Waals surface area contributed by atoms with Gasteiger partial charge in [-0.3, -0.25) is 4.90 Å². The Morgan fingerprint density at radius 2 is 1.79 bits per heavy atom. The third-order valence-corrected chi connectivity index (χ3v) is 9.04. The Morgan fingerprint density at radius 1 is 1.00 bits per heavy atom. The number of hydrogen-bond donors (Lipinski definition) is 3. The maximum atomic E-state index is 13.2. The summed E-state index contributed by atoms with van der Waals surface area (Å²) in [5.41, 5.74) is 7.19. The molecule has 198 valence electrons. The zero-order valence-corrected chi connectivity index (χ0v) is 22.3. The molecule has 6 rings (SSSR count). The number of hydrogen-bond acceptors (Lipinski definition) is 6. The van der Waals surface area contributed by atoms with Crippen molar-refractivity contribution in [1.82, 2.24) is 9.62 Å². The summed E-state index contributed by atoms with van der Waals surface area (Å²) in [6.07, 6.45) is 3.27. The minimum atomic E-state index is -3.66. The van der Waals surface area contributed by atoms with E-state index in [2.05, 4.69) is 56.7 Å². The van der Waals surface area contributed by atoms with Crippen molar-refractivity contribution in [2.24, 2.45) is 0 Å². The van der Waals surface area contributed by atoms with Gasteiger partial charge >= 0.3 is 0 Å². The molecule has 1 unspecified atom stereocenters. The average Bonchev–Trinajstić information content (AvgIpc) is 3.71. The molecule has 0 saturated carbocycles. The van der Waals surface area contributed by atoms with Crippen LogP contribution in [0.1, 0.15) is 36.0 Å². The first-order chi connectivity index (χ1) is 18.5. The molecule has 3 aromatic rings. The molecule has 0 aliphatic carbocycles. The second-order valence-electron chi connectivity index (χ2n) is 10.3. The molecule has 0 bridgehead atoms. The zero-order chi connectivity index (χ0) is 26.0. The van der Waals surface area contributed by atoms with E-state index in [0.717, 1.165) is 40.3 Å². The molecular formula is C30H34N4O3S. The largest absolute Gasteiger partial charge is 0.380 e. The van der Waals surface area contributed by atoms with Crippen LogP contribution in [-0.2, 0) is 21.3 Å². The molecule has 0 aromatic heterocycles. The predicted octanol–water partition coefficient (Wildman–Crippen LogP) is 4.76. The molecule has 3 aliphatic rings. The Morgan fingerprint density at radius 3 is 2.53 bits per heavy atom. The third-order valence-electron chi connectivity index (χ3n) is 7.53. The van der Waals surface area contributed by atoms with E-state index in [1.165, 1.54) is 31.5 Å². The molecule has 0 amide bonds. The van der Waals surface area contributed by atoms with Crippen molar-refractivity contribution in [2.45, 2.75) is 36.7 Å². The van der Waals surface area contributed by atoms with Crippen molar-refractivity contribution in [3.8, 4) is 0 Å². The minimum Gasteiger partial charge on any atom is -0.380 e. The van der Waals surface area contributed by atoms with Crippen LogP contribution in [0, 0.1) is 0 Å². The van der Waals surface area contributed by atoms with Crippen molar-refractivity contribution in [3.05, 3.63) is 89.5 Å². The van der Waals surface area contributed by atoms with Crippen LogP contribution in [0.15, 0.2) is 77.7 Å². The van der Waals surface area contributed by atoms with Crippen molar-refractivity contribution in [1.29, 1.82) is 0 Å². The number of anilines is 2. The summed E-state index contributed by atoms with van der Waals surface area (Å²) >= 11 is 0. The molecule has 3 heterocycles. The number of nitrogens with one attached hydrogen (secondary N) is 3. The van der Waals surface area contributed by atoms with Gasteiger partial charge < -0.3 is 15.4 Å². The molecule has 3 aliphatic heterocycles. The molecule has 2 fully saturated rings. The molecule has 3 N–H and O–H groups in total. The van der Waals surface area contributed by atoms with Gasteiger partial charge in [-0.2, -0.15) is 0 Å². The summed E-state index contributed by atoms with van der Waals surface area (Å²) in [7, 11) is -3.66. The van der Waals surface area contributed by atoms with E-state index in [-0.39, 0.29) is 10.9 Å². The maximum absolute atomic E-state index is 13.2. The van der Waals surface area contributed by atoms with Gasteiger partial charge in [-0.25, -0.2) is 13.1 Å². The van der Waals surface area contributed by atoms with E-state index in [1.54, 1.807) is 12.1 Å². The minimum absolute atomic E-state index is 0.184. The summed E-state index contributed by atoms with van der Waals surface area (Å²) in [5.74, 6) is 0. The van der Waals surface area contributed by atoms with E-state index in [0.29, 0.717) is 26.2 Å². The van der Waals surface area contributed by atoms with E-state index < -0.39 is 10.0 Å². The lowest BCUT2D eigenvalue weighted by Gasteiger charge is -2.18. The third kappa shape index (κ3) is 5.49. The van der Waals surface area contributed by atoms with Crippen LogP contribution in [0.25, 0.3) is 11.3 Å². The Balaban J connectivity index is 1.32. The average molecular weight is 531 g/mol. The highest BCUT2D eigenvalue weighted by Gasteiger charge is 2.27. The molecule has 0 spiro atoms. The predicted molar refractivity (Wildman–Crippen MR) is 152 cm³/mol. The van der Waals surface area contributed by atoms with Crippen molar-refractivity contribution < 1.29 is 13.2 Å². The lowest BCUT2D eigenvalue weighted by atomic mass is 10.0. The number of benzene rings is 3. The fourth-order valence-electron chi connectivity index (χ4n) is 5.47. The maximum Gasteiger partial charge on any atom is 0.240 e. The number of likely N-dealkylation sites (tertiary alicyclic amines) is 1. The van der Waals surface area contributed by atoms with E-state index in [4.69, 9.17) is 4.74 Å². The summed E-state index contributed by atoms with van der Waals surface area (Å²) in [6, 6.07) is 24.0. The van der Waals surface area contributed by atoms with Gasteiger partial charge in [0.05, 0.1) is 17.2 Å². The van der Waals surface area contributed by atoms with E-state index in [9.17, 15) is 8.42 Å². The molecule has 1 atom stereocenters. The molecular weight excluding hydrogens is 496 g/mol. The lowest BCUT2D eigenvalue weighted by molar-refractivity contribution is 0.192. The Kier molecular flexibility index (Phi) is 7.21. The number of nitrogens with zero attached hydrogens (tertiary/aromatic N) is 1. The quantitative estimate of drug-likeness (QED) is 0.390. The van der Waals surface area contributed by atoms with Crippen molar-refractivity contribution in [3.63, 3.8) is 0 Å². The first kappa shape index (κ1) is 25.1. The molecule has 38 heavy (non-hydrogen) atoms. The number of fused-ring (bicyclic) bond motifs is 1. The number of ether oxygens (including phenoxy) is 1. The van der Waals surface area contributed by atoms with Gasteiger partial charge in [0.15, 0.2) is 0 Å². The molecule has 0 radical (unpaired) electrons. The molecule has 7 nitrogen and oxygen atoms in total. The zero-order valence-electron chi connectivity index (χ0n) is 21.4. The van der Waals surface area contributed by atoms with Crippen molar-refractivity contribution in [2.75, 3.05) is 43.5 Å². The first-order valence-electron chi connectivity index (χ1n) is 13.4. The second-order valence-corrected chi connectivity index (χ2v) is 12.0. The van der Waals surface area contributed by atoms with Gasteiger partial charge in [-0.05, 0) is 73.8 Å². The van der Waals surface area contributed by atoms with Crippen molar-refractivity contribution >= 4 is 32.7 Å². The van der Waals surface area contributed by atoms with Gasteiger partial charge in [0.25, 0.3) is 0 Å². The summed E-state index contributed by atoms with van der Waals surface area (Å²) in [5, 5.41) is 7.11. The monoisotopic (exact) mass is 530 g/mol. The fourth-order valence-corrected chi connectivity index (χ4v) is 6.76. The van der Waals surface area contributed by atoms with Gasteiger partial charge in [-0.1, -0.05) is 42.5 Å². The van der Waals surface area contributed by atoms with Crippen LogP contribution in [0.5, 0.6) is 0 Å².